The lowest BCUT2D eigenvalue weighted by Crippen LogP contribution is -2.17. The smallest absolute Gasteiger partial charge is 0.175 e. The van der Waals surface area contributed by atoms with Gasteiger partial charge in [-0.05, 0) is 47.0 Å². The zero-order valence-corrected chi connectivity index (χ0v) is 13.8. The van der Waals surface area contributed by atoms with Crippen LogP contribution in [0.25, 0.3) is 0 Å². The summed E-state index contributed by atoms with van der Waals surface area (Å²) >= 11 is 5.08. The molecule has 0 saturated heterocycles. The fourth-order valence-corrected chi connectivity index (χ4v) is 3.00. The Morgan fingerprint density at radius 3 is 2.85 bits per heavy atom. The second-order valence-corrected chi connectivity index (χ2v) is 6.13. The van der Waals surface area contributed by atoms with Crippen molar-refractivity contribution in [3.63, 3.8) is 0 Å². The molecule has 20 heavy (non-hydrogen) atoms. The average molecular weight is 357 g/mol. The monoisotopic (exact) mass is 356 g/mol. The van der Waals surface area contributed by atoms with Gasteiger partial charge in [-0.3, -0.25) is 0 Å². The number of hydrogen-bond acceptors (Lipinski definition) is 5. The molecule has 1 atom stereocenters. The van der Waals surface area contributed by atoms with E-state index in [1.807, 2.05) is 24.4 Å². The first-order valence-corrected chi connectivity index (χ1v) is 7.95. The minimum absolute atomic E-state index is 0.105. The molecule has 2 aromatic rings. The van der Waals surface area contributed by atoms with Crippen molar-refractivity contribution in [2.45, 2.75) is 26.0 Å². The number of nitrogens with zero attached hydrogens (tertiary/aromatic N) is 1. The zero-order chi connectivity index (χ0) is 14.5. The van der Waals surface area contributed by atoms with E-state index in [2.05, 4.69) is 20.9 Å². The van der Waals surface area contributed by atoms with E-state index < -0.39 is 0 Å². The minimum Gasteiger partial charge on any atom is -0.493 e. The van der Waals surface area contributed by atoms with Crippen molar-refractivity contribution in [1.82, 2.24) is 4.98 Å². The Morgan fingerprint density at radius 1 is 1.45 bits per heavy atom. The lowest BCUT2D eigenvalue weighted by Gasteiger charge is -2.14. The lowest BCUT2D eigenvalue weighted by molar-refractivity contribution is 0.279. The van der Waals surface area contributed by atoms with Gasteiger partial charge >= 0.3 is 0 Å². The number of rotatable bonds is 6. The topological polar surface area (TPSA) is 57.4 Å². The van der Waals surface area contributed by atoms with Crippen LogP contribution in [-0.2, 0) is 13.0 Å². The Labute approximate surface area is 131 Å². The highest BCUT2D eigenvalue weighted by Crippen LogP contribution is 2.37. The van der Waals surface area contributed by atoms with Crippen molar-refractivity contribution >= 4 is 27.3 Å². The molecule has 1 unspecified atom stereocenters. The minimum atomic E-state index is 0.105. The first kappa shape index (κ1) is 15.3. The van der Waals surface area contributed by atoms with Gasteiger partial charge in [0.15, 0.2) is 11.5 Å². The molecule has 2 rings (SSSR count). The van der Waals surface area contributed by atoms with Crippen LogP contribution in [-0.4, -0.2) is 18.1 Å². The number of nitrogens with two attached hydrogens (primary N) is 1. The van der Waals surface area contributed by atoms with Crippen LogP contribution in [0.15, 0.2) is 27.5 Å². The van der Waals surface area contributed by atoms with Gasteiger partial charge in [-0.1, -0.05) is 0 Å². The summed E-state index contributed by atoms with van der Waals surface area (Å²) in [5, 5.41) is 1.96. The summed E-state index contributed by atoms with van der Waals surface area (Å²) in [4.78, 5) is 4.19. The second-order valence-electron chi connectivity index (χ2n) is 4.56. The Bertz CT molecular complexity index is 559. The lowest BCUT2D eigenvalue weighted by atomic mass is 10.1. The van der Waals surface area contributed by atoms with Crippen LogP contribution < -0.4 is 15.2 Å². The van der Waals surface area contributed by atoms with Crippen molar-refractivity contribution in [2.75, 3.05) is 7.11 Å². The van der Waals surface area contributed by atoms with Gasteiger partial charge in [-0.25, -0.2) is 4.98 Å². The van der Waals surface area contributed by atoms with E-state index in [0.717, 1.165) is 22.2 Å². The number of thiazole rings is 1. The van der Waals surface area contributed by atoms with Gasteiger partial charge < -0.3 is 15.2 Å². The SMILES string of the molecule is COc1cc(CC(C)N)cc(Br)c1OCc1cscn1. The van der Waals surface area contributed by atoms with Gasteiger partial charge in [0.05, 0.1) is 22.8 Å². The third-order valence-corrected chi connectivity index (χ3v) is 3.92. The van der Waals surface area contributed by atoms with Gasteiger partial charge in [-0.2, -0.15) is 0 Å². The van der Waals surface area contributed by atoms with Crippen LogP contribution in [0.4, 0.5) is 0 Å². The van der Waals surface area contributed by atoms with E-state index in [1.165, 1.54) is 0 Å². The number of hydrogen-bond donors (Lipinski definition) is 1. The molecule has 6 heteroatoms. The predicted octanol–water partition coefficient (Wildman–Crippen LogP) is 3.38. The normalized spacial score (nSPS) is 12.2. The maximum Gasteiger partial charge on any atom is 0.175 e. The fraction of sp³-hybridized carbons (Fsp3) is 0.357. The molecule has 0 aliphatic carbocycles. The summed E-state index contributed by atoms with van der Waals surface area (Å²) in [5.74, 6) is 1.39. The highest BCUT2D eigenvalue weighted by molar-refractivity contribution is 9.10. The van der Waals surface area contributed by atoms with Crippen LogP contribution in [0.3, 0.4) is 0 Å². The van der Waals surface area contributed by atoms with Crippen molar-refractivity contribution < 1.29 is 9.47 Å². The fourth-order valence-electron chi connectivity index (χ4n) is 1.86. The Morgan fingerprint density at radius 2 is 2.25 bits per heavy atom. The van der Waals surface area contributed by atoms with E-state index in [4.69, 9.17) is 15.2 Å². The summed E-state index contributed by atoms with van der Waals surface area (Å²) < 4.78 is 12.1. The second kappa shape index (κ2) is 7.06. The maximum atomic E-state index is 5.83. The number of aromatic nitrogens is 1. The standard InChI is InChI=1S/C14H17BrN2O2S/c1-9(16)3-10-4-12(15)14(13(5-10)18-2)19-6-11-7-20-8-17-11/h4-5,7-9H,3,6,16H2,1-2H3. The summed E-state index contributed by atoms with van der Waals surface area (Å²) in [5.41, 5.74) is 9.64. The van der Waals surface area contributed by atoms with Crippen LogP contribution >= 0.6 is 27.3 Å². The highest BCUT2D eigenvalue weighted by Gasteiger charge is 2.13. The van der Waals surface area contributed by atoms with Crippen LogP contribution in [0.1, 0.15) is 18.2 Å². The number of ether oxygens (including phenoxy) is 2. The van der Waals surface area contributed by atoms with Crippen molar-refractivity contribution in [1.29, 1.82) is 0 Å². The molecule has 0 spiro atoms. The molecule has 0 fully saturated rings. The van der Waals surface area contributed by atoms with E-state index in [0.29, 0.717) is 18.1 Å². The van der Waals surface area contributed by atoms with Crippen molar-refractivity contribution in [3.05, 3.63) is 38.8 Å². The molecule has 0 aliphatic rings. The van der Waals surface area contributed by atoms with Crippen molar-refractivity contribution in [2.24, 2.45) is 5.73 Å². The molecular formula is C14H17BrN2O2S. The Kier molecular flexibility index (Phi) is 5.39. The van der Waals surface area contributed by atoms with E-state index in [1.54, 1.807) is 24.0 Å². The van der Waals surface area contributed by atoms with E-state index in [9.17, 15) is 0 Å². The maximum absolute atomic E-state index is 5.83. The number of methoxy groups -OCH3 is 1. The van der Waals surface area contributed by atoms with Gasteiger partial charge in [0.1, 0.15) is 6.61 Å². The molecule has 1 aromatic carbocycles. The highest BCUT2D eigenvalue weighted by atomic mass is 79.9. The van der Waals surface area contributed by atoms with Crippen molar-refractivity contribution in [3.8, 4) is 11.5 Å². The largest absolute Gasteiger partial charge is 0.493 e. The van der Waals surface area contributed by atoms with Gasteiger partial charge in [0.25, 0.3) is 0 Å². The molecular weight excluding hydrogens is 340 g/mol. The zero-order valence-electron chi connectivity index (χ0n) is 11.4. The first-order valence-electron chi connectivity index (χ1n) is 6.22. The Balaban J connectivity index is 2.18. The van der Waals surface area contributed by atoms with Gasteiger partial charge in [0.2, 0.25) is 0 Å². The predicted molar refractivity (Wildman–Crippen MR) is 84.5 cm³/mol. The molecule has 0 radical (unpaired) electrons. The first-order chi connectivity index (χ1) is 9.60. The third kappa shape index (κ3) is 3.94. The van der Waals surface area contributed by atoms with E-state index >= 15 is 0 Å². The van der Waals surface area contributed by atoms with E-state index in [-0.39, 0.29) is 6.04 Å². The van der Waals surface area contributed by atoms with Crippen LogP contribution in [0.5, 0.6) is 11.5 Å². The molecule has 1 heterocycles. The molecule has 1 aromatic heterocycles. The molecule has 4 nitrogen and oxygen atoms in total. The van der Waals surface area contributed by atoms with Gasteiger partial charge in [0, 0.05) is 11.4 Å². The molecule has 0 saturated carbocycles. The molecule has 2 N–H and O–H groups in total. The van der Waals surface area contributed by atoms with Gasteiger partial charge in [-0.15, -0.1) is 11.3 Å². The molecule has 0 amide bonds. The average Bonchev–Trinajstić information content (AvgIpc) is 2.89. The molecule has 0 aliphatic heterocycles. The number of benzene rings is 1. The third-order valence-electron chi connectivity index (χ3n) is 2.69. The summed E-state index contributed by atoms with van der Waals surface area (Å²) in [6.45, 7) is 2.40. The quantitative estimate of drug-likeness (QED) is 0.861. The Hall–Kier alpha value is -1.11. The van der Waals surface area contributed by atoms with Crippen LogP contribution in [0, 0.1) is 0 Å². The molecule has 0 bridgehead atoms. The summed E-state index contributed by atoms with van der Waals surface area (Å²) in [7, 11) is 1.63. The summed E-state index contributed by atoms with van der Waals surface area (Å²) in [6, 6.07) is 4.08. The van der Waals surface area contributed by atoms with Crippen LogP contribution in [0.2, 0.25) is 0 Å². The summed E-state index contributed by atoms with van der Waals surface area (Å²) in [6.07, 6.45) is 0.793. The number of halogens is 1. The molecule has 108 valence electrons.